The molecule has 0 bridgehead atoms. The average Bonchev–Trinajstić information content (AvgIpc) is 2.86. The number of thiazole rings is 1. The van der Waals surface area contributed by atoms with Crippen LogP contribution in [0.3, 0.4) is 0 Å². The summed E-state index contributed by atoms with van der Waals surface area (Å²) in [4.78, 5) is 16.2. The topological polar surface area (TPSA) is 68.0 Å². The number of carbonyl (C=O) groups excluding carboxylic acids is 1. The Kier molecular flexibility index (Phi) is 5.13. The quantitative estimate of drug-likeness (QED) is 0.897. The van der Waals surface area contributed by atoms with Gasteiger partial charge in [0.25, 0.3) is 5.91 Å². The molecule has 1 fully saturated rings. The molecule has 1 amide bonds. The van der Waals surface area contributed by atoms with E-state index in [0.717, 1.165) is 11.4 Å². The Balaban J connectivity index is 0.00000162. The van der Waals surface area contributed by atoms with Gasteiger partial charge in [-0.25, -0.2) is 4.98 Å². The van der Waals surface area contributed by atoms with Crippen LogP contribution in [0.25, 0.3) is 0 Å². The fourth-order valence-electron chi connectivity index (χ4n) is 2.34. The summed E-state index contributed by atoms with van der Waals surface area (Å²) in [6, 6.07) is 0.262. The molecule has 0 saturated heterocycles. The predicted molar refractivity (Wildman–Crippen MR) is 76.1 cm³/mol. The van der Waals surface area contributed by atoms with Gasteiger partial charge >= 0.3 is 0 Å². The molecule has 1 aromatic heterocycles. The maximum atomic E-state index is 12.0. The van der Waals surface area contributed by atoms with Crippen molar-refractivity contribution in [1.82, 2.24) is 10.3 Å². The van der Waals surface area contributed by atoms with Crippen LogP contribution < -0.4 is 11.1 Å². The molecule has 4 nitrogen and oxygen atoms in total. The van der Waals surface area contributed by atoms with E-state index in [1.807, 2.05) is 0 Å². The zero-order valence-electron chi connectivity index (χ0n) is 10.7. The maximum Gasteiger partial charge on any atom is 0.270 e. The molecule has 6 heteroatoms. The van der Waals surface area contributed by atoms with Gasteiger partial charge in [0.2, 0.25) is 0 Å². The highest BCUT2D eigenvalue weighted by molar-refractivity contribution is 7.09. The van der Waals surface area contributed by atoms with E-state index in [1.165, 1.54) is 24.2 Å². The minimum absolute atomic E-state index is 0. The summed E-state index contributed by atoms with van der Waals surface area (Å²) in [5.74, 6) is -0.0686. The number of nitrogens with one attached hydrogen (secondary N) is 1. The highest BCUT2D eigenvalue weighted by Crippen LogP contribution is 2.37. The second-order valence-electron chi connectivity index (χ2n) is 5.24. The van der Waals surface area contributed by atoms with E-state index >= 15 is 0 Å². The van der Waals surface area contributed by atoms with Gasteiger partial charge in [-0.2, -0.15) is 0 Å². The van der Waals surface area contributed by atoms with Crippen molar-refractivity contribution in [3.05, 3.63) is 16.1 Å². The average molecular weight is 290 g/mol. The van der Waals surface area contributed by atoms with Crippen molar-refractivity contribution in [3.63, 3.8) is 0 Å². The third-order valence-electron chi connectivity index (χ3n) is 3.52. The van der Waals surface area contributed by atoms with Gasteiger partial charge in [-0.05, 0) is 18.3 Å². The summed E-state index contributed by atoms with van der Waals surface area (Å²) in [6.45, 7) is 4.81. The molecule has 0 radical (unpaired) electrons. The van der Waals surface area contributed by atoms with E-state index in [2.05, 4.69) is 24.1 Å². The number of hydrogen-bond donors (Lipinski definition) is 2. The zero-order chi connectivity index (χ0) is 12.5. The lowest BCUT2D eigenvalue weighted by atomic mass is 9.87. The van der Waals surface area contributed by atoms with Crippen LogP contribution in [0.15, 0.2) is 5.38 Å². The summed E-state index contributed by atoms with van der Waals surface area (Å²) < 4.78 is 0. The summed E-state index contributed by atoms with van der Waals surface area (Å²) >= 11 is 1.44. The number of nitrogens with zero attached hydrogens (tertiary/aromatic N) is 1. The van der Waals surface area contributed by atoms with Crippen molar-refractivity contribution in [3.8, 4) is 0 Å². The number of rotatable bonds is 3. The lowest BCUT2D eigenvalue weighted by Crippen LogP contribution is -2.41. The van der Waals surface area contributed by atoms with Crippen LogP contribution >= 0.6 is 23.7 Å². The van der Waals surface area contributed by atoms with Gasteiger partial charge in [-0.15, -0.1) is 23.7 Å². The second kappa shape index (κ2) is 5.99. The smallest absolute Gasteiger partial charge is 0.270 e. The molecule has 1 aliphatic rings. The molecule has 1 aliphatic carbocycles. The molecule has 1 aromatic rings. The molecule has 0 aromatic carbocycles. The van der Waals surface area contributed by atoms with E-state index in [4.69, 9.17) is 5.73 Å². The van der Waals surface area contributed by atoms with Gasteiger partial charge in [-0.3, -0.25) is 4.79 Å². The van der Waals surface area contributed by atoms with Crippen LogP contribution in [-0.4, -0.2) is 16.9 Å². The van der Waals surface area contributed by atoms with Gasteiger partial charge in [0.15, 0.2) is 0 Å². The fourth-order valence-corrected chi connectivity index (χ4v) is 2.99. The zero-order valence-corrected chi connectivity index (χ0v) is 12.4. The molecule has 102 valence electrons. The molecule has 1 atom stereocenters. The Morgan fingerprint density at radius 3 is 2.89 bits per heavy atom. The maximum absolute atomic E-state index is 12.0. The van der Waals surface area contributed by atoms with Crippen LogP contribution in [0, 0.1) is 5.41 Å². The summed E-state index contributed by atoms with van der Waals surface area (Å²) in [6.07, 6.45) is 3.42. The monoisotopic (exact) mass is 289 g/mol. The van der Waals surface area contributed by atoms with Crippen molar-refractivity contribution in [2.75, 3.05) is 0 Å². The standard InChI is InChI=1S/C12H19N3OS.ClH/c1-12(2)5-3-4-9(12)15-11(16)8-7-17-10(6-13)14-8;/h7,9H,3-6,13H2,1-2H3,(H,15,16);1H. The third-order valence-corrected chi connectivity index (χ3v) is 4.39. The van der Waals surface area contributed by atoms with Crippen LogP contribution in [0.2, 0.25) is 0 Å². The molecule has 18 heavy (non-hydrogen) atoms. The Morgan fingerprint density at radius 2 is 2.39 bits per heavy atom. The van der Waals surface area contributed by atoms with Crippen molar-refractivity contribution in [2.24, 2.45) is 11.1 Å². The molecular formula is C12H20ClN3OS. The van der Waals surface area contributed by atoms with E-state index in [1.54, 1.807) is 5.38 Å². The van der Waals surface area contributed by atoms with Crippen molar-refractivity contribution in [2.45, 2.75) is 45.7 Å². The first kappa shape index (κ1) is 15.4. The first-order chi connectivity index (χ1) is 8.03. The largest absolute Gasteiger partial charge is 0.347 e. The molecule has 2 rings (SSSR count). The third kappa shape index (κ3) is 3.22. The summed E-state index contributed by atoms with van der Waals surface area (Å²) in [7, 11) is 0. The van der Waals surface area contributed by atoms with Crippen LogP contribution in [0.5, 0.6) is 0 Å². The SMILES string of the molecule is CC1(C)CCCC1NC(=O)c1csc(CN)n1.Cl. The molecule has 1 saturated carbocycles. The van der Waals surface area contributed by atoms with E-state index in [0.29, 0.717) is 12.2 Å². The number of carbonyl (C=O) groups is 1. The first-order valence-electron chi connectivity index (χ1n) is 5.98. The number of nitrogens with two attached hydrogens (primary N) is 1. The minimum Gasteiger partial charge on any atom is -0.347 e. The van der Waals surface area contributed by atoms with Gasteiger partial charge in [0, 0.05) is 18.0 Å². The van der Waals surface area contributed by atoms with Crippen molar-refractivity contribution >= 4 is 29.7 Å². The fraction of sp³-hybridized carbons (Fsp3) is 0.667. The lowest BCUT2D eigenvalue weighted by Gasteiger charge is -2.27. The number of hydrogen-bond acceptors (Lipinski definition) is 4. The molecule has 1 heterocycles. The molecule has 1 unspecified atom stereocenters. The Morgan fingerprint density at radius 1 is 1.67 bits per heavy atom. The summed E-state index contributed by atoms with van der Waals surface area (Å²) in [5.41, 5.74) is 6.18. The first-order valence-corrected chi connectivity index (χ1v) is 6.86. The number of aromatic nitrogens is 1. The van der Waals surface area contributed by atoms with Crippen LogP contribution in [0.4, 0.5) is 0 Å². The highest BCUT2D eigenvalue weighted by Gasteiger charge is 2.35. The molecular weight excluding hydrogens is 270 g/mol. The Hall–Kier alpha value is -0.650. The van der Waals surface area contributed by atoms with Gasteiger partial charge < -0.3 is 11.1 Å². The lowest BCUT2D eigenvalue weighted by molar-refractivity contribution is 0.0905. The number of amides is 1. The molecule has 0 aliphatic heterocycles. The van der Waals surface area contributed by atoms with Crippen molar-refractivity contribution < 1.29 is 4.79 Å². The summed E-state index contributed by atoms with van der Waals surface area (Å²) in [5, 5.41) is 5.67. The van der Waals surface area contributed by atoms with Crippen LogP contribution in [0.1, 0.15) is 48.6 Å². The van der Waals surface area contributed by atoms with Gasteiger partial charge in [-0.1, -0.05) is 20.3 Å². The van der Waals surface area contributed by atoms with Gasteiger partial charge in [0.05, 0.1) is 0 Å². The second-order valence-corrected chi connectivity index (χ2v) is 6.18. The molecule has 0 spiro atoms. The van der Waals surface area contributed by atoms with Gasteiger partial charge in [0.1, 0.15) is 10.7 Å². The normalized spacial score (nSPS) is 21.4. The highest BCUT2D eigenvalue weighted by atomic mass is 35.5. The van der Waals surface area contributed by atoms with E-state index < -0.39 is 0 Å². The number of halogens is 1. The minimum atomic E-state index is -0.0686. The van der Waals surface area contributed by atoms with Crippen molar-refractivity contribution in [1.29, 1.82) is 0 Å². The van der Waals surface area contributed by atoms with E-state index in [-0.39, 0.29) is 29.8 Å². The molecule has 3 N–H and O–H groups in total. The van der Waals surface area contributed by atoms with E-state index in [9.17, 15) is 4.79 Å². The Bertz CT molecular complexity index is 419. The van der Waals surface area contributed by atoms with Crippen LogP contribution in [-0.2, 0) is 6.54 Å². The Labute approximate surface area is 118 Å². The predicted octanol–water partition coefficient (Wildman–Crippen LogP) is 2.33.